The van der Waals surface area contributed by atoms with Crippen LogP contribution < -0.4 is 0 Å². The number of halogens is 6. The summed E-state index contributed by atoms with van der Waals surface area (Å²) in [5.41, 5.74) is -1.56. The third-order valence-corrected chi connectivity index (χ3v) is 8.00. The number of ether oxygens (including phenoxy) is 1. The van der Waals surface area contributed by atoms with Crippen molar-refractivity contribution in [3.63, 3.8) is 0 Å². The minimum absolute atomic E-state index is 0.0619. The SMILES string of the molecule is O=CC1CC2(c3ccccc3)CC1N(Cc1ccccc1)CC2OCc1cc(C(F)(F)F)cc(C(F)(F)F)c1. The van der Waals surface area contributed by atoms with Gasteiger partial charge in [0.1, 0.15) is 6.29 Å². The molecule has 2 bridgehead atoms. The van der Waals surface area contributed by atoms with Crippen LogP contribution in [0.4, 0.5) is 26.3 Å². The molecule has 0 N–H and O–H groups in total. The number of aldehydes is 1. The Bertz CT molecular complexity index is 1260. The lowest BCUT2D eigenvalue weighted by atomic mass is 9.72. The summed E-state index contributed by atoms with van der Waals surface area (Å²) in [6.45, 7) is 0.494. The van der Waals surface area contributed by atoms with E-state index in [-0.39, 0.29) is 23.6 Å². The summed E-state index contributed by atoms with van der Waals surface area (Å²) in [4.78, 5) is 14.3. The molecule has 0 spiro atoms. The third-order valence-electron chi connectivity index (χ3n) is 8.00. The monoisotopic (exact) mass is 547 g/mol. The smallest absolute Gasteiger partial charge is 0.371 e. The standard InChI is InChI=1S/C30H27F6NO2/c31-29(32,33)24-11-21(12-25(13-24)30(34,35)36)19-39-27-17-37(16-20-7-3-1-4-8-20)26-15-28(27,14-22(26)18-38)23-9-5-2-6-10-23/h1-13,18,22,26-27H,14-17,19H2. The van der Waals surface area contributed by atoms with Gasteiger partial charge in [-0.3, -0.25) is 4.90 Å². The zero-order valence-corrected chi connectivity index (χ0v) is 20.9. The van der Waals surface area contributed by atoms with Crippen molar-refractivity contribution in [3.8, 4) is 0 Å². The largest absolute Gasteiger partial charge is 0.416 e. The van der Waals surface area contributed by atoms with Crippen LogP contribution in [-0.4, -0.2) is 29.9 Å². The fraction of sp³-hybridized carbons (Fsp3) is 0.367. The Hall–Kier alpha value is -3.17. The second-order valence-electron chi connectivity index (χ2n) is 10.4. The molecule has 3 aromatic rings. The number of carbonyl (C=O) groups is 1. The molecule has 1 aliphatic heterocycles. The van der Waals surface area contributed by atoms with E-state index in [0.717, 1.165) is 17.4 Å². The van der Waals surface area contributed by atoms with Gasteiger partial charge in [0.05, 0.1) is 23.8 Å². The molecule has 206 valence electrons. The molecule has 0 amide bonds. The highest BCUT2D eigenvalue weighted by Crippen LogP contribution is 2.52. The number of likely N-dealkylation sites (tertiary alicyclic amines) is 1. The number of carbonyl (C=O) groups excluding carboxylic acids is 1. The van der Waals surface area contributed by atoms with Gasteiger partial charge >= 0.3 is 12.4 Å². The fourth-order valence-electron chi connectivity index (χ4n) is 6.19. The number of alkyl halides is 6. The molecular weight excluding hydrogens is 520 g/mol. The number of hydrogen-bond acceptors (Lipinski definition) is 3. The van der Waals surface area contributed by atoms with Crippen LogP contribution in [0.3, 0.4) is 0 Å². The summed E-state index contributed by atoms with van der Waals surface area (Å²) in [5, 5.41) is 0. The highest BCUT2D eigenvalue weighted by Gasteiger charge is 2.57. The van der Waals surface area contributed by atoms with Gasteiger partial charge < -0.3 is 9.53 Å². The van der Waals surface area contributed by atoms with Gasteiger partial charge in [-0.25, -0.2) is 0 Å². The van der Waals surface area contributed by atoms with Crippen LogP contribution in [0.1, 0.15) is 40.7 Å². The molecule has 9 heteroatoms. The van der Waals surface area contributed by atoms with Crippen LogP contribution in [0.2, 0.25) is 0 Å². The lowest BCUT2D eigenvalue weighted by molar-refractivity contribution is -0.143. The second kappa shape index (κ2) is 10.4. The Morgan fingerprint density at radius 1 is 0.821 bits per heavy atom. The van der Waals surface area contributed by atoms with Crippen molar-refractivity contribution in [1.82, 2.24) is 4.90 Å². The van der Waals surface area contributed by atoms with E-state index in [2.05, 4.69) is 4.90 Å². The van der Waals surface area contributed by atoms with E-state index >= 15 is 0 Å². The summed E-state index contributed by atoms with van der Waals surface area (Å²) in [5.74, 6) is -0.284. The Kier molecular flexibility index (Phi) is 7.33. The number of fused-ring (bicyclic) bond motifs is 2. The van der Waals surface area contributed by atoms with Crippen LogP contribution in [-0.2, 0) is 40.5 Å². The van der Waals surface area contributed by atoms with Gasteiger partial charge in [-0.2, -0.15) is 26.3 Å². The molecule has 4 atom stereocenters. The molecule has 2 aliphatic rings. The molecular formula is C30H27F6NO2. The maximum Gasteiger partial charge on any atom is 0.416 e. The molecule has 1 aliphatic carbocycles. The highest BCUT2D eigenvalue weighted by molar-refractivity contribution is 5.58. The zero-order valence-electron chi connectivity index (χ0n) is 20.9. The number of hydrogen-bond donors (Lipinski definition) is 0. The maximum absolute atomic E-state index is 13.4. The minimum Gasteiger partial charge on any atom is -0.371 e. The summed E-state index contributed by atoms with van der Waals surface area (Å²) in [6, 6.07) is 20.7. The lowest BCUT2D eigenvalue weighted by Crippen LogP contribution is -2.54. The number of rotatable bonds is 7. The predicted molar refractivity (Wildman–Crippen MR) is 133 cm³/mol. The van der Waals surface area contributed by atoms with Gasteiger partial charge in [0.25, 0.3) is 0 Å². The van der Waals surface area contributed by atoms with Crippen LogP contribution in [0.25, 0.3) is 0 Å². The summed E-state index contributed by atoms with van der Waals surface area (Å²) in [7, 11) is 0. The molecule has 5 rings (SSSR count). The van der Waals surface area contributed by atoms with Crippen LogP contribution in [0.15, 0.2) is 78.9 Å². The van der Waals surface area contributed by atoms with Crippen molar-refractivity contribution in [1.29, 1.82) is 0 Å². The topological polar surface area (TPSA) is 29.5 Å². The first-order valence-corrected chi connectivity index (χ1v) is 12.7. The second-order valence-corrected chi connectivity index (χ2v) is 10.4. The van der Waals surface area contributed by atoms with Crippen molar-refractivity contribution in [2.45, 2.75) is 55.9 Å². The number of benzene rings is 3. The van der Waals surface area contributed by atoms with Crippen molar-refractivity contribution >= 4 is 6.29 Å². The van der Waals surface area contributed by atoms with Gasteiger partial charge in [-0.1, -0.05) is 60.7 Å². The Morgan fingerprint density at radius 2 is 1.41 bits per heavy atom. The zero-order chi connectivity index (χ0) is 27.8. The first kappa shape index (κ1) is 27.4. The molecule has 0 radical (unpaired) electrons. The van der Waals surface area contributed by atoms with Crippen LogP contribution in [0, 0.1) is 5.92 Å². The molecule has 39 heavy (non-hydrogen) atoms. The van der Waals surface area contributed by atoms with Crippen molar-refractivity contribution in [2.24, 2.45) is 5.92 Å². The van der Waals surface area contributed by atoms with Crippen molar-refractivity contribution in [2.75, 3.05) is 6.54 Å². The normalized spacial score (nSPS) is 25.5. The van der Waals surface area contributed by atoms with E-state index in [0.29, 0.717) is 38.1 Å². The number of piperidine rings is 1. The fourth-order valence-corrected chi connectivity index (χ4v) is 6.19. The first-order valence-electron chi connectivity index (χ1n) is 12.7. The summed E-state index contributed by atoms with van der Waals surface area (Å²) in [6.07, 6.45) is -8.40. The molecule has 1 saturated heterocycles. The quantitative estimate of drug-likeness (QED) is 0.235. The Labute approximate surface area is 222 Å². The first-order chi connectivity index (χ1) is 18.5. The molecule has 1 heterocycles. The van der Waals surface area contributed by atoms with Crippen molar-refractivity contribution < 1.29 is 35.9 Å². The molecule has 0 aromatic heterocycles. The van der Waals surface area contributed by atoms with Gasteiger partial charge in [-0.05, 0) is 47.7 Å². The van der Waals surface area contributed by atoms with E-state index in [1.807, 2.05) is 60.7 Å². The van der Waals surface area contributed by atoms with E-state index in [1.54, 1.807) is 0 Å². The van der Waals surface area contributed by atoms with Gasteiger partial charge in [0.2, 0.25) is 0 Å². The summed E-state index contributed by atoms with van der Waals surface area (Å²) < 4.78 is 86.8. The third kappa shape index (κ3) is 5.61. The predicted octanol–water partition coefficient (Wildman–Crippen LogP) is 7.04. The Morgan fingerprint density at radius 3 is 1.97 bits per heavy atom. The van der Waals surface area contributed by atoms with Crippen molar-refractivity contribution in [3.05, 3.63) is 107 Å². The average molecular weight is 548 g/mol. The maximum atomic E-state index is 13.4. The van der Waals surface area contributed by atoms with E-state index < -0.39 is 41.6 Å². The lowest BCUT2D eigenvalue weighted by Gasteiger charge is -2.46. The highest BCUT2D eigenvalue weighted by atomic mass is 19.4. The summed E-state index contributed by atoms with van der Waals surface area (Å²) >= 11 is 0. The molecule has 1 saturated carbocycles. The average Bonchev–Trinajstić information content (AvgIpc) is 3.26. The van der Waals surface area contributed by atoms with Crippen LogP contribution >= 0.6 is 0 Å². The van der Waals surface area contributed by atoms with E-state index in [1.165, 1.54) is 0 Å². The molecule has 2 fully saturated rings. The Balaban J connectivity index is 1.49. The molecule has 3 aromatic carbocycles. The van der Waals surface area contributed by atoms with Gasteiger partial charge in [0.15, 0.2) is 0 Å². The van der Waals surface area contributed by atoms with E-state index in [9.17, 15) is 31.1 Å². The minimum atomic E-state index is -4.94. The molecule has 3 nitrogen and oxygen atoms in total. The van der Waals surface area contributed by atoms with Gasteiger partial charge in [-0.15, -0.1) is 0 Å². The van der Waals surface area contributed by atoms with Gasteiger partial charge in [0, 0.05) is 30.5 Å². The number of nitrogens with zero attached hydrogens (tertiary/aromatic N) is 1. The molecule has 4 unspecified atom stereocenters. The van der Waals surface area contributed by atoms with E-state index in [4.69, 9.17) is 4.74 Å². The van der Waals surface area contributed by atoms with Crippen LogP contribution in [0.5, 0.6) is 0 Å².